The van der Waals surface area contributed by atoms with Crippen LogP contribution in [0.1, 0.15) is 22.7 Å². The van der Waals surface area contributed by atoms with Gasteiger partial charge in [-0.05, 0) is 24.6 Å². The molecule has 6 nitrogen and oxygen atoms in total. The van der Waals surface area contributed by atoms with E-state index in [1.54, 1.807) is 20.0 Å². The second-order valence-corrected chi connectivity index (χ2v) is 5.78. The monoisotopic (exact) mass is 344 g/mol. The summed E-state index contributed by atoms with van der Waals surface area (Å²) in [5.74, 6) is -1.80. The quantitative estimate of drug-likeness (QED) is 0.839. The maximum absolute atomic E-state index is 13.3. The van der Waals surface area contributed by atoms with E-state index in [0.717, 1.165) is 0 Å². The van der Waals surface area contributed by atoms with Gasteiger partial charge in [0.25, 0.3) is 5.56 Å². The number of carbonyl (C=O) groups excluding carboxylic acids is 1. The molecule has 0 fully saturated rings. The molecule has 2 heterocycles. The number of hydrogen-bond donors (Lipinski definition) is 1. The number of fused-ring (bicyclic) bond motifs is 1. The normalized spacial score (nSPS) is 16.2. The summed E-state index contributed by atoms with van der Waals surface area (Å²) in [6.45, 7) is 1.76. The Bertz CT molecular complexity index is 945. The van der Waals surface area contributed by atoms with E-state index < -0.39 is 17.7 Å². The molecule has 1 aromatic carbocycles. The van der Waals surface area contributed by atoms with Gasteiger partial charge in [-0.1, -0.05) is 12.1 Å². The van der Waals surface area contributed by atoms with Crippen LogP contribution in [-0.4, -0.2) is 17.6 Å². The smallest absolute Gasteiger partial charge is 0.340 e. The van der Waals surface area contributed by atoms with Crippen molar-refractivity contribution in [2.45, 2.75) is 12.8 Å². The molecule has 0 bridgehead atoms. The minimum Gasteiger partial charge on any atom is -0.465 e. The van der Waals surface area contributed by atoms with Crippen LogP contribution in [0.5, 0.6) is 5.75 Å². The fourth-order valence-corrected chi connectivity index (χ4v) is 2.94. The van der Waals surface area contributed by atoms with E-state index in [4.69, 9.17) is 15.2 Å². The van der Waals surface area contributed by atoms with E-state index in [9.17, 15) is 14.0 Å². The van der Waals surface area contributed by atoms with Gasteiger partial charge in [-0.3, -0.25) is 4.79 Å². The van der Waals surface area contributed by atoms with Crippen molar-refractivity contribution in [3.05, 3.63) is 74.8 Å². The number of nitrogens with zero attached hydrogens (tertiary/aromatic N) is 1. The molecule has 25 heavy (non-hydrogen) atoms. The van der Waals surface area contributed by atoms with Gasteiger partial charge in [0.15, 0.2) is 0 Å². The number of hydrogen-bond acceptors (Lipinski definition) is 5. The summed E-state index contributed by atoms with van der Waals surface area (Å²) in [6, 6.07) is 7.20. The minimum absolute atomic E-state index is 0.0163. The highest BCUT2D eigenvalue weighted by Gasteiger charge is 2.37. The average molecular weight is 344 g/mol. The van der Waals surface area contributed by atoms with E-state index in [2.05, 4.69) is 0 Å². The maximum atomic E-state index is 13.3. The number of nitrogens with two attached hydrogens (primary N) is 1. The molecule has 130 valence electrons. The van der Waals surface area contributed by atoms with Crippen molar-refractivity contribution in [3.8, 4) is 5.75 Å². The average Bonchev–Trinajstić information content (AvgIpc) is 2.59. The van der Waals surface area contributed by atoms with Gasteiger partial charge in [-0.25, -0.2) is 9.18 Å². The van der Waals surface area contributed by atoms with Gasteiger partial charge < -0.3 is 19.8 Å². The zero-order valence-electron chi connectivity index (χ0n) is 14.0. The summed E-state index contributed by atoms with van der Waals surface area (Å²) in [6.07, 6.45) is 0. The third-order valence-corrected chi connectivity index (χ3v) is 4.34. The molecule has 0 amide bonds. The van der Waals surface area contributed by atoms with Crippen LogP contribution in [0.25, 0.3) is 0 Å². The fourth-order valence-electron chi connectivity index (χ4n) is 2.94. The number of halogens is 1. The van der Waals surface area contributed by atoms with Crippen LogP contribution in [-0.2, 0) is 16.6 Å². The molecule has 1 atom stereocenters. The Morgan fingerprint density at radius 1 is 1.32 bits per heavy atom. The lowest BCUT2D eigenvalue weighted by molar-refractivity contribution is -0.136. The number of benzene rings is 1. The largest absolute Gasteiger partial charge is 0.465 e. The lowest BCUT2D eigenvalue weighted by Crippen LogP contribution is -2.34. The summed E-state index contributed by atoms with van der Waals surface area (Å²) < 4.78 is 25.1. The number of esters is 1. The van der Waals surface area contributed by atoms with Gasteiger partial charge >= 0.3 is 5.97 Å². The molecule has 2 aromatic rings. The first-order valence-corrected chi connectivity index (χ1v) is 7.57. The van der Waals surface area contributed by atoms with E-state index in [0.29, 0.717) is 11.3 Å². The van der Waals surface area contributed by atoms with Crippen LogP contribution >= 0.6 is 0 Å². The number of rotatable bonds is 2. The second-order valence-electron chi connectivity index (χ2n) is 5.78. The molecule has 0 unspecified atom stereocenters. The first kappa shape index (κ1) is 16.8. The predicted molar refractivity (Wildman–Crippen MR) is 88.5 cm³/mol. The highest BCUT2D eigenvalue weighted by Crippen LogP contribution is 2.41. The molecule has 0 saturated heterocycles. The van der Waals surface area contributed by atoms with Gasteiger partial charge in [-0.15, -0.1) is 0 Å². The lowest BCUT2D eigenvalue weighted by Gasteiger charge is -2.28. The van der Waals surface area contributed by atoms with Crippen molar-refractivity contribution in [1.29, 1.82) is 0 Å². The molecule has 1 aliphatic rings. The van der Waals surface area contributed by atoms with Crippen molar-refractivity contribution >= 4 is 5.97 Å². The van der Waals surface area contributed by atoms with E-state index in [1.807, 2.05) is 0 Å². The Morgan fingerprint density at radius 3 is 2.56 bits per heavy atom. The van der Waals surface area contributed by atoms with Crippen molar-refractivity contribution < 1.29 is 18.7 Å². The number of ether oxygens (including phenoxy) is 2. The van der Waals surface area contributed by atoms with Crippen LogP contribution in [0.3, 0.4) is 0 Å². The summed E-state index contributed by atoms with van der Waals surface area (Å²) in [5, 5.41) is 0. The first-order valence-electron chi connectivity index (χ1n) is 7.57. The molecule has 0 radical (unpaired) electrons. The summed E-state index contributed by atoms with van der Waals surface area (Å²) in [7, 11) is 2.84. The Labute approximate surface area is 143 Å². The zero-order valence-corrected chi connectivity index (χ0v) is 14.0. The van der Waals surface area contributed by atoms with E-state index >= 15 is 0 Å². The molecule has 0 spiro atoms. The predicted octanol–water partition coefficient (Wildman–Crippen LogP) is 1.70. The van der Waals surface area contributed by atoms with Crippen molar-refractivity contribution in [2.24, 2.45) is 12.8 Å². The number of aromatic nitrogens is 1. The summed E-state index contributed by atoms with van der Waals surface area (Å²) >= 11 is 0. The van der Waals surface area contributed by atoms with Crippen LogP contribution in [0, 0.1) is 12.7 Å². The van der Waals surface area contributed by atoms with E-state index in [-0.39, 0.29) is 28.3 Å². The van der Waals surface area contributed by atoms with Crippen molar-refractivity contribution in [2.75, 3.05) is 7.11 Å². The van der Waals surface area contributed by atoms with Crippen LogP contribution < -0.4 is 16.0 Å². The molecule has 3 rings (SSSR count). The molecular weight excluding hydrogens is 327 g/mol. The van der Waals surface area contributed by atoms with Gasteiger partial charge in [0.05, 0.1) is 18.6 Å². The van der Waals surface area contributed by atoms with E-state index in [1.165, 1.54) is 35.9 Å². The molecule has 7 heteroatoms. The molecule has 0 aliphatic carbocycles. The van der Waals surface area contributed by atoms with Gasteiger partial charge in [0.2, 0.25) is 5.88 Å². The second kappa shape index (κ2) is 6.08. The van der Waals surface area contributed by atoms with Crippen LogP contribution in [0.2, 0.25) is 0 Å². The first-order chi connectivity index (χ1) is 11.8. The number of carbonyl (C=O) groups is 1. The number of pyridine rings is 1. The Hall–Kier alpha value is -3.09. The molecule has 1 aromatic heterocycles. The third-order valence-electron chi connectivity index (χ3n) is 4.34. The summed E-state index contributed by atoms with van der Waals surface area (Å²) in [4.78, 5) is 25.1. The summed E-state index contributed by atoms with van der Waals surface area (Å²) in [5.41, 5.74) is 7.11. The lowest BCUT2D eigenvalue weighted by atomic mass is 9.83. The number of methoxy groups -OCH3 is 1. The highest BCUT2D eigenvalue weighted by atomic mass is 19.1. The fraction of sp³-hybridized carbons (Fsp3) is 0.222. The maximum Gasteiger partial charge on any atom is 0.340 e. The van der Waals surface area contributed by atoms with Crippen molar-refractivity contribution in [1.82, 2.24) is 4.57 Å². The SMILES string of the molecule is COC(=O)C1=C(N)Oc2cc(C)n(C)c(=O)c2[C@H]1c1ccc(F)cc1. The van der Waals surface area contributed by atoms with Gasteiger partial charge in [0, 0.05) is 18.8 Å². The molecule has 0 saturated carbocycles. The minimum atomic E-state index is -0.809. The molecule has 2 N–H and O–H groups in total. The van der Waals surface area contributed by atoms with Gasteiger partial charge in [0.1, 0.15) is 17.1 Å². The van der Waals surface area contributed by atoms with Gasteiger partial charge in [-0.2, -0.15) is 0 Å². The van der Waals surface area contributed by atoms with Crippen LogP contribution in [0.4, 0.5) is 4.39 Å². The van der Waals surface area contributed by atoms with Crippen LogP contribution in [0.15, 0.2) is 46.6 Å². The Morgan fingerprint density at radius 2 is 1.96 bits per heavy atom. The topological polar surface area (TPSA) is 83.5 Å². The Balaban J connectivity index is 2.34. The Kier molecular flexibility index (Phi) is 4.08. The van der Waals surface area contributed by atoms with Crippen molar-refractivity contribution in [3.63, 3.8) is 0 Å². The molecule has 1 aliphatic heterocycles. The number of aryl methyl sites for hydroxylation is 1. The standard InChI is InChI=1S/C18H17FN2O4/c1-9-8-12-14(17(22)21(9)2)13(10-4-6-11(19)7-5-10)15(16(20)25-12)18(23)24-3/h4-8,13H,20H2,1-3H3/t13-/m1/s1. The molecular formula is C18H17FN2O4. The highest BCUT2D eigenvalue weighted by molar-refractivity contribution is 5.92. The third kappa shape index (κ3) is 2.67. The zero-order chi connectivity index (χ0) is 18.3.